The molecule has 1 atom stereocenters. The highest BCUT2D eigenvalue weighted by Gasteiger charge is 2.31. The zero-order valence-corrected chi connectivity index (χ0v) is 14.5. The molecule has 0 radical (unpaired) electrons. The van der Waals surface area contributed by atoms with E-state index in [-0.39, 0.29) is 0 Å². The molecule has 1 fully saturated rings. The lowest BCUT2D eigenvalue weighted by atomic mass is 9.88. The third-order valence-electron chi connectivity index (χ3n) is 4.37. The van der Waals surface area contributed by atoms with Gasteiger partial charge in [-0.3, -0.25) is 0 Å². The maximum atomic E-state index is 6.10. The Bertz CT molecular complexity index is 444. The van der Waals surface area contributed by atoms with Crippen molar-refractivity contribution in [1.82, 2.24) is 5.32 Å². The van der Waals surface area contributed by atoms with Crippen LogP contribution in [0.25, 0.3) is 0 Å². The van der Waals surface area contributed by atoms with E-state index in [1.54, 1.807) is 0 Å². The predicted molar refractivity (Wildman–Crippen MR) is 92.2 cm³/mol. The molecule has 0 aliphatic heterocycles. The Balaban J connectivity index is 1.96. The minimum absolute atomic E-state index is 0.302. The van der Waals surface area contributed by atoms with Gasteiger partial charge in [-0.2, -0.15) is 11.8 Å². The first kappa shape index (κ1) is 16.5. The number of benzene rings is 1. The van der Waals surface area contributed by atoms with Crippen molar-refractivity contribution >= 4 is 35.0 Å². The molecule has 1 aromatic rings. The Kier molecular flexibility index (Phi) is 6.09. The number of hydrogen-bond donors (Lipinski definition) is 1. The van der Waals surface area contributed by atoms with Gasteiger partial charge in [0.2, 0.25) is 0 Å². The molecule has 20 heavy (non-hydrogen) atoms. The minimum Gasteiger partial charge on any atom is -0.309 e. The first-order valence-electron chi connectivity index (χ1n) is 7.30. The third kappa shape index (κ3) is 4.07. The summed E-state index contributed by atoms with van der Waals surface area (Å²) in [4.78, 5) is 0. The van der Waals surface area contributed by atoms with Crippen LogP contribution in [0.3, 0.4) is 0 Å². The summed E-state index contributed by atoms with van der Waals surface area (Å²) in [6.45, 7) is 3.26. The van der Waals surface area contributed by atoms with E-state index in [4.69, 9.17) is 23.2 Å². The van der Waals surface area contributed by atoms with E-state index < -0.39 is 0 Å². The van der Waals surface area contributed by atoms with Gasteiger partial charge in [-0.1, -0.05) is 48.5 Å². The summed E-state index contributed by atoms with van der Waals surface area (Å²) in [5.41, 5.74) is 1.20. The largest absolute Gasteiger partial charge is 0.309 e. The van der Waals surface area contributed by atoms with Gasteiger partial charge in [0.15, 0.2) is 0 Å². The van der Waals surface area contributed by atoms with Gasteiger partial charge in [0.25, 0.3) is 0 Å². The van der Waals surface area contributed by atoms with Crippen molar-refractivity contribution in [3.8, 4) is 0 Å². The topological polar surface area (TPSA) is 12.0 Å². The van der Waals surface area contributed by atoms with Gasteiger partial charge in [0.1, 0.15) is 0 Å². The summed E-state index contributed by atoms with van der Waals surface area (Å²) in [6.07, 6.45) is 9.03. The molecule has 4 heteroatoms. The van der Waals surface area contributed by atoms with Crippen LogP contribution in [0.1, 0.15) is 50.6 Å². The lowest BCUT2D eigenvalue weighted by molar-refractivity contribution is 0.367. The Morgan fingerprint density at radius 2 is 1.90 bits per heavy atom. The number of rotatable bonds is 5. The highest BCUT2D eigenvalue weighted by molar-refractivity contribution is 8.00. The highest BCUT2D eigenvalue weighted by atomic mass is 35.5. The summed E-state index contributed by atoms with van der Waals surface area (Å²) in [6, 6.07) is 6.20. The lowest BCUT2D eigenvalue weighted by Crippen LogP contribution is -2.40. The number of halogens is 2. The average Bonchev–Trinajstić information content (AvgIpc) is 2.48. The maximum absolute atomic E-state index is 6.10. The summed E-state index contributed by atoms with van der Waals surface area (Å²) in [5, 5.41) is 4.94. The fourth-order valence-electron chi connectivity index (χ4n) is 2.89. The van der Waals surface area contributed by atoms with Crippen molar-refractivity contribution in [2.24, 2.45) is 0 Å². The smallest absolute Gasteiger partial charge is 0.0595 e. The van der Waals surface area contributed by atoms with Crippen LogP contribution in [0, 0.1) is 0 Å². The number of hydrogen-bond acceptors (Lipinski definition) is 2. The Labute approximate surface area is 136 Å². The van der Waals surface area contributed by atoms with Crippen molar-refractivity contribution in [1.29, 1.82) is 0 Å². The molecule has 0 heterocycles. The van der Waals surface area contributed by atoms with E-state index in [0.717, 1.165) is 6.54 Å². The molecule has 1 aliphatic carbocycles. The summed E-state index contributed by atoms with van der Waals surface area (Å²) >= 11 is 14.1. The van der Waals surface area contributed by atoms with Crippen LogP contribution in [0.15, 0.2) is 18.2 Å². The molecule has 0 bridgehead atoms. The van der Waals surface area contributed by atoms with Crippen molar-refractivity contribution < 1.29 is 0 Å². The number of nitrogens with one attached hydrogen (secondary N) is 1. The molecule has 0 amide bonds. The Morgan fingerprint density at radius 1 is 1.20 bits per heavy atom. The van der Waals surface area contributed by atoms with Crippen LogP contribution in [-0.4, -0.2) is 17.5 Å². The third-order valence-corrected chi connectivity index (χ3v) is 6.53. The van der Waals surface area contributed by atoms with E-state index in [1.807, 2.05) is 23.9 Å². The van der Waals surface area contributed by atoms with Gasteiger partial charge >= 0.3 is 0 Å². The molecule has 1 aliphatic rings. The maximum Gasteiger partial charge on any atom is 0.0595 e. The van der Waals surface area contributed by atoms with Crippen LogP contribution < -0.4 is 5.32 Å². The van der Waals surface area contributed by atoms with Gasteiger partial charge in [-0.15, -0.1) is 0 Å². The van der Waals surface area contributed by atoms with E-state index >= 15 is 0 Å². The highest BCUT2D eigenvalue weighted by Crippen LogP contribution is 2.38. The molecule has 0 aromatic heterocycles. The second-order valence-electron chi connectivity index (χ2n) is 5.72. The molecule has 1 saturated carbocycles. The minimum atomic E-state index is 0.302. The summed E-state index contributed by atoms with van der Waals surface area (Å²) in [7, 11) is 0. The van der Waals surface area contributed by atoms with Gasteiger partial charge in [-0.25, -0.2) is 0 Å². The second-order valence-corrected chi connectivity index (χ2v) is 7.81. The molecule has 1 aromatic carbocycles. The normalized spacial score (nSPS) is 19.8. The zero-order valence-electron chi connectivity index (χ0n) is 12.2. The predicted octanol–water partition coefficient (Wildman–Crippen LogP) is 5.71. The molecule has 0 saturated heterocycles. The van der Waals surface area contributed by atoms with Crippen molar-refractivity contribution in [2.75, 3.05) is 12.8 Å². The van der Waals surface area contributed by atoms with E-state index in [0.29, 0.717) is 20.8 Å². The van der Waals surface area contributed by atoms with E-state index in [9.17, 15) is 0 Å². The summed E-state index contributed by atoms with van der Waals surface area (Å²) in [5.74, 6) is 0. The molecular formula is C16H23Cl2NS. The van der Waals surface area contributed by atoms with Crippen molar-refractivity contribution in [2.45, 2.75) is 49.8 Å². The van der Waals surface area contributed by atoms with Gasteiger partial charge in [0, 0.05) is 17.3 Å². The number of thioether (sulfide) groups is 1. The standard InChI is InChI=1S/C16H23Cl2NS/c1-12(13-6-7-14(17)15(18)10-13)19-11-16(20-2)8-4-3-5-9-16/h6-7,10,12,19H,3-5,8-9,11H2,1-2H3. The lowest BCUT2D eigenvalue weighted by Gasteiger charge is -2.37. The molecule has 1 N–H and O–H groups in total. The Morgan fingerprint density at radius 3 is 2.50 bits per heavy atom. The van der Waals surface area contributed by atoms with Crippen LogP contribution >= 0.6 is 35.0 Å². The molecular weight excluding hydrogens is 309 g/mol. The van der Waals surface area contributed by atoms with Crippen LogP contribution in [0.5, 0.6) is 0 Å². The summed E-state index contributed by atoms with van der Waals surface area (Å²) < 4.78 is 0.419. The van der Waals surface area contributed by atoms with E-state index in [1.165, 1.54) is 37.7 Å². The quantitative estimate of drug-likeness (QED) is 0.741. The van der Waals surface area contributed by atoms with Gasteiger partial charge in [0.05, 0.1) is 10.0 Å². The first-order valence-corrected chi connectivity index (χ1v) is 9.28. The average molecular weight is 332 g/mol. The van der Waals surface area contributed by atoms with E-state index in [2.05, 4.69) is 24.6 Å². The Hall–Kier alpha value is 0.110. The monoisotopic (exact) mass is 331 g/mol. The van der Waals surface area contributed by atoms with Crippen molar-refractivity contribution in [3.63, 3.8) is 0 Å². The van der Waals surface area contributed by atoms with Crippen LogP contribution in [0.4, 0.5) is 0 Å². The molecule has 2 rings (SSSR count). The fourth-order valence-corrected chi connectivity index (χ4v) is 4.12. The zero-order chi connectivity index (χ0) is 14.6. The van der Waals surface area contributed by atoms with Crippen LogP contribution in [0.2, 0.25) is 10.0 Å². The molecule has 1 nitrogen and oxygen atoms in total. The molecule has 1 unspecified atom stereocenters. The molecule has 112 valence electrons. The van der Waals surface area contributed by atoms with Crippen LogP contribution in [-0.2, 0) is 0 Å². The fraction of sp³-hybridized carbons (Fsp3) is 0.625. The van der Waals surface area contributed by atoms with Crippen molar-refractivity contribution in [3.05, 3.63) is 33.8 Å². The SMILES string of the molecule is CSC1(CNC(C)c2ccc(Cl)c(Cl)c2)CCCCC1. The van der Waals surface area contributed by atoms with Gasteiger partial charge < -0.3 is 5.32 Å². The first-order chi connectivity index (χ1) is 9.56. The molecule has 0 spiro atoms. The van der Waals surface area contributed by atoms with Gasteiger partial charge in [-0.05, 0) is 43.7 Å². The second kappa shape index (κ2) is 7.40.